The van der Waals surface area contributed by atoms with Gasteiger partial charge >= 0.3 is 0 Å². The van der Waals surface area contributed by atoms with Crippen molar-refractivity contribution in [2.75, 3.05) is 7.11 Å². The summed E-state index contributed by atoms with van der Waals surface area (Å²) in [6.45, 7) is 0.141. The monoisotopic (exact) mass is 403 g/mol. The largest absolute Gasteiger partial charge is 0.493 e. The Balaban J connectivity index is 1.61. The van der Waals surface area contributed by atoms with Crippen molar-refractivity contribution in [3.05, 3.63) is 92.8 Å². The van der Waals surface area contributed by atoms with Crippen LogP contribution in [0.15, 0.2) is 71.5 Å². The number of para-hydroxylation sites is 1. The summed E-state index contributed by atoms with van der Waals surface area (Å²) in [6, 6.07) is 18.5. The molecular weight excluding hydrogens is 386 g/mol. The molecule has 30 heavy (non-hydrogen) atoms. The van der Waals surface area contributed by atoms with Crippen LogP contribution in [0, 0.1) is 10.1 Å². The van der Waals surface area contributed by atoms with Gasteiger partial charge in [0.05, 0.1) is 22.9 Å². The van der Waals surface area contributed by atoms with Gasteiger partial charge in [-0.2, -0.15) is 0 Å². The summed E-state index contributed by atoms with van der Waals surface area (Å²) in [7, 11) is 1.51. The zero-order valence-electron chi connectivity index (χ0n) is 16.0. The number of fused-ring (bicyclic) bond motifs is 1. The van der Waals surface area contributed by atoms with Crippen LogP contribution in [0.2, 0.25) is 0 Å². The first-order valence-electron chi connectivity index (χ1n) is 9.09. The first kappa shape index (κ1) is 19.1. The van der Waals surface area contributed by atoms with Crippen LogP contribution >= 0.6 is 0 Å². The van der Waals surface area contributed by atoms with E-state index in [-0.39, 0.29) is 17.9 Å². The molecule has 4 rings (SSSR count). The molecule has 0 fully saturated rings. The third-order valence-electron chi connectivity index (χ3n) is 4.57. The first-order valence-corrected chi connectivity index (χ1v) is 9.09. The van der Waals surface area contributed by atoms with E-state index in [2.05, 4.69) is 9.97 Å². The summed E-state index contributed by atoms with van der Waals surface area (Å²) >= 11 is 0. The second-order valence-corrected chi connectivity index (χ2v) is 6.51. The topological polar surface area (TPSA) is 107 Å². The highest BCUT2D eigenvalue weighted by Crippen LogP contribution is 2.32. The van der Waals surface area contributed by atoms with Gasteiger partial charge in [-0.05, 0) is 35.9 Å². The Kier molecular flexibility index (Phi) is 5.13. The predicted molar refractivity (Wildman–Crippen MR) is 112 cm³/mol. The molecule has 0 radical (unpaired) electrons. The maximum Gasteiger partial charge on any atom is 0.269 e. The summed E-state index contributed by atoms with van der Waals surface area (Å²) in [5.74, 6) is 1.34. The van der Waals surface area contributed by atoms with E-state index in [0.717, 1.165) is 0 Å². The zero-order chi connectivity index (χ0) is 21.1. The molecule has 1 heterocycles. The van der Waals surface area contributed by atoms with Gasteiger partial charge < -0.3 is 14.5 Å². The van der Waals surface area contributed by atoms with E-state index < -0.39 is 4.92 Å². The first-order chi connectivity index (χ1) is 14.5. The fourth-order valence-electron chi connectivity index (χ4n) is 3.08. The van der Waals surface area contributed by atoms with Crippen molar-refractivity contribution in [1.29, 1.82) is 0 Å². The molecule has 0 saturated carbocycles. The summed E-state index contributed by atoms with van der Waals surface area (Å²) in [6.07, 6.45) is 0. The van der Waals surface area contributed by atoms with E-state index in [0.29, 0.717) is 39.4 Å². The van der Waals surface area contributed by atoms with Gasteiger partial charge in [0.1, 0.15) is 12.4 Å². The van der Waals surface area contributed by atoms with Crippen LogP contribution in [-0.4, -0.2) is 22.0 Å². The van der Waals surface area contributed by atoms with E-state index in [1.807, 2.05) is 6.07 Å². The van der Waals surface area contributed by atoms with E-state index >= 15 is 0 Å². The fraction of sp³-hybridized carbons (Fsp3) is 0.0909. The van der Waals surface area contributed by atoms with Gasteiger partial charge in [-0.25, -0.2) is 4.98 Å². The molecule has 8 heteroatoms. The second kappa shape index (κ2) is 8.04. The number of hydrogen-bond donors (Lipinski definition) is 1. The lowest BCUT2D eigenvalue weighted by Gasteiger charge is -2.12. The van der Waals surface area contributed by atoms with Crippen molar-refractivity contribution < 1.29 is 14.4 Å². The van der Waals surface area contributed by atoms with Gasteiger partial charge in [0.25, 0.3) is 11.2 Å². The number of nitrogens with zero attached hydrogens (tertiary/aromatic N) is 2. The van der Waals surface area contributed by atoms with Crippen LogP contribution in [0.5, 0.6) is 11.5 Å². The Hall–Kier alpha value is -4.20. The molecule has 0 saturated heterocycles. The van der Waals surface area contributed by atoms with Crippen LogP contribution in [0.4, 0.5) is 5.69 Å². The van der Waals surface area contributed by atoms with Gasteiger partial charge in [0, 0.05) is 17.7 Å². The van der Waals surface area contributed by atoms with Crippen LogP contribution in [0.25, 0.3) is 22.3 Å². The minimum absolute atomic E-state index is 0.00439. The molecule has 0 aliphatic carbocycles. The standard InChI is InChI=1S/C22H17N3O5/c1-29-20-12-15(21-23-18-8-3-2-7-17(18)22(26)24-21)9-10-19(20)30-13-14-5-4-6-16(11-14)25(27)28/h2-12H,13H2,1H3,(H,23,24,26). The van der Waals surface area contributed by atoms with Crippen molar-refractivity contribution in [3.63, 3.8) is 0 Å². The highest BCUT2D eigenvalue weighted by atomic mass is 16.6. The predicted octanol–water partition coefficient (Wildman–Crippen LogP) is 4.09. The fourth-order valence-corrected chi connectivity index (χ4v) is 3.08. The number of H-pyrrole nitrogens is 1. The van der Waals surface area contributed by atoms with E-state index in [1.54, 1.807) is 48.5 Å². The molecule has 1 aromatic heterocycles. The number of nitro groups is 1. The number of aromatic nitrogens is 2. The summed E-state index contributed by atoms with van der Waals surface area (Å²) < 4.78 is 11.2. The zero-order valence-corrected chi connectivity index (χ0v) is 16.0. The Morgan fingerprint density at radius 3 is 2.67 bits per heavy atom. The lowest BCUT2D eigenvalue weighted by Crippen LogP contribution is -2.09. The molecule has 0 aliphatic heterocycles. The molecule has 4 aromatic rings. The van der Waals surface area contributed by atoms with Crippen molar-refractivity contribution in [3.8, 4) is 22.9 Å². The molecule has 3 aromatic carbocycles. The van der Waals surface area contributed by atoms with Gasteiger partial charge in [-0.3, -0.25) is 14.9 Å². The quantitative estimate of drug-likeness (QED) is 0.384. The van der Waals surface area contributed by atoms with E-state index in [4.69, 9.17) is 9.47 Å². The highest BCUT2D eigenvalue weighted by molar-refractivity contribution is 5.79. The highest BCUT2D eigenvalue weighted by Gasteiger charge is 2.12. The lowest BCUT2D eigenvalue weighted by atomic mass is 10.1. The van der Waals surface area contributed by atoms with Gasteiger partial charge in [0.15, 0.2) is 11.5 Å². The lowest BCUT2D eigenvalue weighted by molar-refractivity contribution is -0.384. The SMILES string of the molecule is COc1cc(-c2nc3ccccc3c(=O)[nH]2)ccc1OCc1cccc([N+](=O)[O-])c1. The van der Waals surface area contributed by atoms with Crippen molar-refractivity contribution in [2.24, 2.45) is 0 Å². The van der Waals surface area contributed by atoms with Crippen LogP contribution in [0.3, 0.4) is 0 Å². The molecule has 0 atom stereocenters. The molecule has 150 valence electrons. The van der Waals surface area contributed by atoms with E-state index in [1.165, 1.54) is 19.2 Å². The minimum Gasteiger partial charge on any atom is -0.493 e. The number of benzene rings is 3. The number of non-ortho nitro benzene ring substituents is 1. The Bertz CT molecular complexity index is 1300. The Morgan fingerprint density at radius 1 is 1.03 bits per heavy atom. The second-order valence-electron chi connectivity index (χ2n) is 6.51. The van der Waals surface area contributed by atoms with Crippen molar-refractivity contribution in [2.45, 2.75) is 6.61 Å². The van der Waals surface area contributed by atoms with Gasteiger partial charge in [-0.1, -0.05) is 24.3 Å². The number of aromatic amines is 1. The molecule has 0 bridgehead atoms. The van der Waals surface area contributed by atoms with E-state index in [9.17, 15) is 14.9 Å². The molecule has 1 N–H and O–H groups in total. The van der Waals surface area contributed by atoms with Crippen molar-refractivity contribution in [1.82, 2.24) is 9.97 Å². The summed E-state index contributed by atoms with van der Waals surface area (Å²) in [5.41, 5.74) is 1.71. The third-order valence-corrected chi connectivity index (χ3v) is 4.57. The van der Waals surface area contributed by atoms with Crippen LogP contribution in [0.1, 0.15) is 5.56 Å². The number of methoxy groups -OCH3 is 1. The molecule has 0 aliphatic rings. The molecular formula is C22H17N3O5. The van der Waals surface area contributed by atoms with Crippen LogP contribution in [-0.2, 0) is 6.61 Å². The van der Waals surface area contributed by atoms with Crippen LogP contribution < -0.4 is 15.0 Å². The number of nitrogens with one attached hydrogen (secondary N) is 1. The molecule has 0 amide bonds. The molecule has 0 unspecified atom stereocenters. The number of nitro benzene ring substituents is 1. The number of rotatable bonds is 6. The smallest absolute Gasteiger partial charge is 0.269 e. The minimum atomic E-state index is -0.448. The third kappa shape index (κ3) is 3.83. The maximum absolute atomic E-state index is 12.3. The average Bonchev–Trinajstić information content (AvgIpc) is 2.77. The maximum atomic E-state index is 12.3. The normalized spacial score (nSPS) is 10.7. The summed E-state index contributed by atoms with van der Waals surface area (Å²) in [5, 5.41) is 11.4. The molecule has 8 nitrogen and oxygen atoms in total. The number of ether oxygens (including phenoxy) is 2. The Labute approximate surface area is 170 Å². The number of hydrogen-bond acceptors (Lipinski definition) is 6. The molecule has 0 spiro atoms. The van der Waals surface area contributed by atoms with Gasteiger partial charge in [0.2, 0.25) is 0 Å². The summed E-state index contributed by atoms with van der Waals surface area (Å²) in [4.78, 5) is 30.1. The van der Waals surface area contributed by atoms with Gasteiger partial charge in [-0.15, -0.1) is 0 Å². The van der Waals surface area contributed by atoms with Crippen molar-refractivity contribution >= 4 is 16.6 Å². The Morgan fingerprint density at radius 2 is 1.87 bits per heavy atom. The average molecular weight is 403 g/mol.